The van der Waals surface area contributed by atoms with Crippen molar-refractivity contribution in [2.75, 3.05) is 14.2 Å². The summed E-state index contributed by atoms with van der Waals surface area (Å²) in [5, 5.41) is 8.92. The highest BCUT2D eigenvalue weighted by atomic mass is 16.5. The largest absolute Gasteiger partial charge is 0.497 e. The van der Waals surface area contributed by atoms with E-state index in [9.17, 15) is 9.59 Å². The maximum absolute atomic E-state index is 12.8. The van der Waals surface area contributed by atoms with E-state index in [1.165, 1.54) is 6.08 Å². The molecular formula is C19H18O5. The molecule has 0 saturated carbocycles. The summed E-state index contributed by atoms with van der Waals surface area (Å²) >= 11 is 0. The summed E-state index contributed by atoms with van der Waals surface area (Å²) in [7, 11) is 3.10. The van der Waals surface area contributed by atoms with Crippen LogP contribution in [0.15, 0.2) is 54.6 Å². The number of allylic oxidation sites excluding steroid dienone is 1. The van der Waals surface area contributed by atoms with E-state index in [1.807, 2.05) is 0 Å². The summed E-state index contributed by atoms with van der Waals surface area (Å²) in [6.45, 7) is 0. The highest BCUT2D eigenvalue weighted by Crippen LogP contribution is 2.24. The fourth-order valence-corrected chi connectivity index (χ4v) is 2.20. The average Bonchev–Trinajstić information content (AvgIpc) is 2.62. The highest BCUT2D eigenvalue weighted by molar-refractivity contribution is 6.29. The molecule has 0 spiro atoms. The maximum atomic E-state index is 12.8. The van der Waals surface area contributed by atoms with Crippen LogP contribution < -0.4 is 9.47 Å². The van der Waals surface area contributed by atoms with Crippen LogP contribution in [0.3, 0.4) is 0 Å². The van der Waals surface area contributed by atoms with Crippen molar-refractivity contribution in [1.82, 2.24) is 0 Å². The molecule has 0 saturated heterocycles. The molecule has 2 aromatic rings. The molecule has 0 radical (unpaired) electrons. The molecule has 1 N–H and O–H groups in total. The minimum atomic E-state index is -0.997. The summed E-state index contributed by atoms with van der Waals surface area (Å²) in [4.78, 5) is 23.7. The van der Waals surface area contributed by atoms with Gasteiger partial charge in [0.05, 0.1) is 20.6 Å². The number of methoxy groups -OCH3 is 2. The van der Waals surface area contributed by atoms with Crippen LogP contribution >= 0.6 is 0 Å². The van der Waals surface area contributed by atoms with Crippen molar-refractivity contribution in [2.24, 2.45) is 0 Å². The zero-order valence-electron chi connectivity index (χ0n) is 13.5. The molecule has 0 fully saturated rings. The van der Waals surface area contributed by atoms with Crippen LogP contribution in [0, 0.1) is 0 Å². The smallest absolute Gasteiger partial charge is 0.307 e. The topological polar surface area (TPSA) is 72.8 Å². The zero-order valence-corrected chi connectivity index (χ0v) is 13.5. The van der Waals surface area contributed by atoms with Crippen LogP contribution in [0.1, 0.15) is 22.3 Å². The minimum absolute atomic E-state index is 0.233. The molecule has 0 atom stereocenters. The van der Waals surface area contributed by atoms with Crippen LogP contribution in [-0.4, -0.2) is 31.1 Å². The monoisotopic (exact) mass is 326 g/mol. The fourth-order valence-electron chi connectivity index (χ4n) is 2.20. The summed E-state index contributed by atoms with van der Waals surface area (Å²) in [6, 6.07) is 13.6. The zero-order chi connectivity index (χ0) is 17.5. The normalized spacial score (nSPS) is 11.0. The van der Waals surface area contributed by atoms with Gasteiger partial charge in [0.25, 0.3) is 0 Å². The lowest BCUT2D eigenvalue weighted by molar-refractivity contribution is -0.135. The van der Waals surface area contributed by atoms with Gasteiger partial charge in [0.1, 0.15) is 11.5 Å². The highest BCUT2D eigenvalue weighted by Gasteiger charge is 2.15. The van der Waals surface area contributed by atoms with Crippen LogP contribution in [0.5, 0.6) is 11.5 Å². The average molecular weight is 326 g/mol. The number of hydrogen-bond donors (Lipinski definition) is 1. The van der Waals surface area contributed by atoms with Crippen molar-refractivity contribution in [1.29, 1.82) is 0 Å². The van der Waals surface area contributed by atoms with Gasteiger partial charge in [0.15, 0.2) is 5.78 Å². The van der Waals surface area contributed by atoms with E-state index >= 15 is 0 Å². The molecule has 0 bridgehead atoms. The van der Waals surface area contributed by atoms with E-state index in [-0.39, 0.29) is 12.2 Å². The van der Waals surface area contributed by atoms with Gasteiger partial charge in [-0.2, -0.15) is 0 Å². The van der Waals surface area contributed by atoms with Crippen LogP contribution in [0.2, 0.25) is 0 Å². The van der Waals surface area contributed by atoms with E-state index in [4.69, 9.17) is 14.6 Å². The van der Waals surface area contributed by atoms with Crippen molar-refractivity contribution in [2.45, 2.75) is 6.42 Å². The summed E-state index contributed by atoms with van der Waals surface area (Å²) in [5.74, 6) is 0.0629. The number of ether oxygens (including phenoxy) is 2. The van der Waals surface area contributed by atoms with E-state index in [0.717, 1.165) is 0 Å². The van der Waals surface area contributed by atoms with Gasteiger partial charge in [-0.15, -0.1) is 0 Å². The van der Waals surface area contributed by atoms with E-state index in [2.05, 4.69) is 0 Å². The number of benzene rings is 2. The lowest BCUT2D eigenvalue weighted by Gasteiger charge is -2.09. The van der Waals surface area contributed by atoms with Gasteiger partial charge in [-0.05, 0) is 42.0 Å². The Morgan fingerprint density at radius 1 is 0.875 bits per heavy atom. The summed E-state index contributed by atoms with van der Waals surface area (Å²) in [5.41, 5.74) is 1.44. The molecule has 0 aliphatic rings. The Morgan fingerprint density at radius 2 is 1.33 bits per heavy atom. The third-order valence-corrected chi connectivity index (χ3v) is 3.48. The molecule has 0 amide bonds. The number of carboxylic acid groups (broad SMARTS) is 1. The molecule has 2 aromatic carbocycles. The Balaban J connectivity index is 2.38. The minimum Gasteiger partial charge on any atom is -0.497 e. The number of hydrogen-bond acceptors (Lipinski definition) is 4. The lowest BCUT2D eigenvalue weighted by atomic mass is 9.95. The quantitative estimate of drug-likeness (QED) is 0.623. The molecule has 0 aliphatic heterocycles. The van der Waals surface area contributed by atoms with Gasteiger partial charge in [-0.25, -0.2) is 0 Å². The fraction of sp³-hybridized carbons (Fsp3) is 0.158. The van der Waals surface area contributed by atoms with Gasteiger partial charge in [0.2, 0.25) is 0 Å². The number of aliphatic carboxylic acids is 1. The first-order valence-corrected chi connectivity index (χ1v) is 7.30. The van der Waals surface area contributed by atoms with E-state index in [0.29, 0.717) is 28.2 Å². The predicted octanol–water partition coefficient (Wildman–Crippen LogP) is 3.44. The van der Waals surface area contributed by atoms with Gasteiger partial charge in [0, 0.05) is 11.1 Å². The first-order chi connectivity index (χ1) is 11.5. The van der Waals surface area contributed by atoms with Crippen molar-refractivity contribution >= 4 is 17.3 Å². The Kier molecular flexibility index (Phi) is 5.73. The Bertz CT molecular complexity index is 742. The molecule has 0 unspecified atom stereocenters. The van der Waals surface area contributed by atoms with Gasteiger partial charge in [-0.1, -0.05) is 18.2 Å². The van der Waals surface area contributed by atoms with Crippen molar-refractivity contribution < 1.29 is 24.2 Å². The molecule has 24 heavy (non-hydrogen) atoms. The summed E-state index contributed by atoms with van der Waals surface area (Å²) in [6.07, 6.45) is 1.19. The number of carbonyl (C=O) groups is 2. The Labute approximate surface area is 140 Å². The first kappa shape index (κ1) is 17.3. The standard InChI is InChI=1S/C19H18O5/c1-23-15-7-3-13(4-8-15)17(11-12-18(20)21)19(22)14-5-9-16(24-2)10-6-14/h3-11H,12H2,1-2H3,(H,20,21). The molecule has 2 rings (SSSR count). The molecule has 124 valence electrons. The summed E-state index contributed by atoms with van der Waals surface area (Å²) < 4.78 is 10.2. The SMILES string of the molecule is COc1ccc(C(=O)C(=CCC(=O)O)c2ccc(OC)cc2)cc1. The van der Waals surface area contributed by atoms with E-state index < -0.39 is 5.97 Å². The number of ketones is 1. The molecular weight excluding hydrogens is 308 g/mol. The van der Waals surface area contributed by atoms with Gasteiger partial charge in [-0.3, -0.25) is 9.59 Å². The molecule has 0 aliphatic carbocycles. The van der Waals surface area contributed by atoms with Crippen molar-refractivity contribution in [3.8, 4) is 11.5 Å². The van der Waals surface area contributed by atoms with Gasteiger partial charge >= 0.3 is 5.97 Å². The number of carbonyl (C=O) groups excluding carboxylic acids is 1. The van der Waals surface area contributed by atoms with Crippen molar-refractivity contribution in [3.05, 3.63) is 65.7 Å². The Hall–Kier alpha value is -3.08. The molecule has 5 nitrogen and oxygen atoms in total. The van der Waals surface area contributed by atoms with Crippen molar-refractivity contribution in [3.63, 3.8) is 0 Å². The number of carboxylic acids is 1. The third kappa shape index (κ3) is 4.23. The molecule has 0 heterocycles. The first-order valence-electron chi connectivity index (χ1n) is 7.30. The van der Waals surface area contributed by atoms with Gasteiger partial charge < -0.3 is 14.6 Å². The number of Topliss-reactive ketones (excluding diaryl/α,β-unsaturated/α-hetero) is 1. The second-order valence-corrected chi connectivity index (χ2v) is 5.00. The number of rotatable bonds is 7. The maximum Gasteiger partial charge on any atom is 0.307 e. The Morgan fingerprint density at radius 3 is 1.75 bits per heavy atom. The lowest BCUT2D eigenvalue weighted by Crippen LogP contribution is -2.04. The predicted molar refractivity (Wildman–Crippen MR) is 90.5 cm³/mol. The third-order valence-electron chi connectivity index (χ3n) is 3.48. The van der Waals surface area contributed by atoms with Crippen LogP contribution in [0.4, 0.5) is 0 Å². The van der Waals surface area contributed by atoms with Crippen LogP contribution in [-0.2, 0) is 4.79 Å². The molecule has 5 heteroatoms. The van der Waals surface area contributed by atoms with E-state index in [1.54, 1.807) is 62.8 Å². The van der Waals surface area contributed by atoms with Crippen LogP contribution in [0.25, 0.3) is 5.57 Å². The molecule has 0 aromatic heterocycles. The second-order valence-electron chi connectivity index (χ2n) is 5.00. The second kappa shape index (κ2) is 7.97.